The van der Waals surface area contributed by atoms with E-state index in [0.29, 0.717) is 23.0 Å². The van der Waals surface area contributed by atoms with Crippen molar-refractivity contribution in [2.75, 3.05) is 13.3 Å². The van der Waals surface area contributed by atoms with Crippen molar-refractivity contribution in [1.29, 1.82) is 0 Å². The average Bonchev–Trinajstić information content (AvgIpc) is 2.73. The molecule has 0 aromatic carbocycles. The smallest absolute Gasteiger partial charge is 0.201 e. The highest BCUT2D eigenvalue weighted by molar-refractivity contribution is 7.56. The Hall–Kier alpha value is -0.140. The van der Waals surface area contributed by atoms with Crippen LogP contribution in [0.5, 0.6) is 0 Å². The zero-order chi connectivity index (χ0) is 16.2. The molecular weight excluding hydrogens is 279 g/mol. The summed E-state index contributed by atoms with van der Waals surface area (Å²) < 4.78 is 5.94. The number of rotatable bonds is 7. The molecule has 0 bridgehead atoms. The number of aliphatic imine (C=N–C) groups is 1. The van der Waals surface area contributed by atoms with Gasteiger partial charge in [0, 0.05) is 0 Å². The van der Waals surface area contributed by atoms with Gasteiger partial charge in [0.2, 0.25) is 5.90 Å². The Bertz CT molecular complexity index is 347. The van der Waals surface area contributed by atoms with Crippen LogP contribution < -0.4 is 5.09 Å². The molecule has 1 aliphatic heterocycles. The Kier molecular flexibility index (Phi) is 7.13. The number of nitrogens with one attached hydrogen (secondary N) is 1. The maximum Gasteiger partial charge on any atom is 0.201 e. The molecule has 1 aliphatic rings. The van der Waals surface area contributed by atoms with E-state index in [9.17, 15) is 0 Å². The summed E-state index contributed by atoms with van der Waals surface area (Å²) in [6, 6.07) is 0.631. The van der Waals surface area contributed by atoms with E-state index >= 15 is 0 Å². The van der Waals surface area contributed by atoms with Crippen LogP contribution in [0.1, 0.15) is 61.3 Å². The molecule has 0 saturated heterocycles. The molecule has 0 amide bonds. The second-order valence-electron chi connectivity index (χ2n) is 8.10. The normalized spacial score (nSPS) is 22.4. The standard InChI is InChI=1S/C17H35N2OP/c1-12(2)9-14-11-20-16(18-14)15(10-13(3)4)19-21(8)17(5,6)7/h12-15,19H,9-11H2,1-8H3/t14-,15+,21+/m0/s1. The second-order valence-corrected chi connectivity index (χ2v) is 10.8. The Labute approximate surface area is 133 Å². The van der Waals surface area contributed by atoms with Gasteiger partial charge in [-0.15, -0.1) is 0 Å². The fourth-order valence-electron chi connectivity index (χ4n) is 2.40. The Balaban J connectivity index is 2.74. The highest BCUT2D eigenvalue weighted by Gasteiger charge is 2.30. The molecule has 3 nitrogen and oxygen atoms in total. The summed E-state index contributed by atoms with van der Waals surface area (Å²) in [5, 5.41) is 4.12. The van der Waals surface area contributed by atoms with Crippen molar-refractivity contribution < 1.29 is 4.74 Å². The van der Waals surface area contributed by atoms with Crippen LogP contribution in [0.25, 0.3) is 0 Å². The van der Waals surface area contributed by atoms with E-state index in [1.807, 2.05) is 0 Å². The van der Waals surface area contributed by atoms with Crippen molar-refractivity contribution >= 4 is 14.0 Å². The number of ether oxygens (including phenoxy) is 1. The van der Waals surface area contributed by atoms with E-state index in [1.54, 1.807) is 0 Å². The first-order chi connectivity index (χ1) is 9.59. The van der Waals surface area contributed by atoms with E-state index in [1.165, 1.54) is 0 Å². The largest absolute Gasteiger partial charge is 0.478 e. The van der Waals surface area contributed by atoms with Crippen LogP contribution in [0, 0.1) is 11.8 Å². The molecule has 0 aromatic rings. The van der Waals surface area contributed by atoms with Crippen molar-refractivity contribution in [2.24, 2.45) is 16.8 Å². The van der Waals surface area contributed by atoms with Gasteiger partial charge in [0.15, 0.2) is 0 Å². The Morgan fingerprint density at radius 3 is 2.33 bits per heavy atom. The molecule has 0 saturated carbocycles. The van der Waals surface area contributed by atoms with Crippen molar-refractivity contribution in [2.45, 2.75) is 78.5 Å². The molecule has 0 unspecified atom stereocenters. The summed E-state index contributed by atoms with van der Waals surface area (Å²) >= 11 is 0. The quantitative estimate of drug-likeness (QED) is 0.693. The SMILES string of the molecule is CC(C)C[C@H]1COC([C@@H](CC(C)C)N[P@](C)C(C)(C)C)=N1. The predicted molar refractivity (Wildman–Crippen MR) is 95.6 cm³/mol. The lowest BCUT2D eigenvalue weighted by Crippen LogP contribution is -2.38. The van der Waals surface area contributed by atoms with Crippen molar-refractivity contribution in [3.8, 4) is 0 Å². The Morgan fingerprint density at radius 2 is 1.86 bits per heavy atom. The lowest BCUT2D eigenvalue weighted by atomic mass is 10.0. The highest BCUT2D eigenvalue weighted by atomic mass is 31.1. The molecule has 0 aromatic heterocycles. The highest BCUT2D eigenvalue weighted by Crippen LogP contribution is 2.43. The molecule has 124 valence electrons. The first-order valence-electron chi connectivity index (χ1n) is 8.30. The third-order valence-corrected chi connectivity index (χ3v) is 6.55. The molecule has 21 heavy (non-hydrogen) atoms. The van der Waals surface area contributed by atoms with Gasteiger partial charge in [0.1, 0.15) is 6.61 Å². The minimum absolute atomic E-state index is 0.249. The minimum Gasteiger partial charge on any atom is -0.478 e. The van der Waals surface area contributed by atoms with Gasteiger partial charge in [-0.1, -0.05) is 48.5 Å². The van der Waals surface area contributed by atoms with Gasteiger partial charge in [0.25, 0.3) is 0 Å². The zero-order valence-corrected chi connectivity index (χ0v) is 16.1. The molecule has 4 heteroatoms. The number of hydrogen-bond donors (Lipinski definition) is 1. The Morgan fingerprint density at radius 1 is 1.24 bits per heavy atom. The first-order valence-corrected chi connectivity index (χ1v) is 10.1. The van der Waals surface area contributed by atoms with Gasteiger partial charge in [0.05, 0.1) is 12.1 Å². The maximum atomic E-state index is 5.94. The zero-order valence-electron chi connectivity index (χ0n) is 15.2. The van der Waals surface area contributed by atoms with Crippen LogP contribution in [0.4, 0.5) is 0 Å². The summed E-state index contributed by atoms with van der Waals surface area (Å²) in [5.74, 6) is 2.27. The topological polar surface area (TPSA) is 33.6 Å². The van der Waals surface area contributed by atoms with Gasteiger partial charge in [-0.3, -0.25) is 5.09 Å². The molecular formula is C17H35N2OP. The van der Waals surface area contributed by atoms with Crippen LogP contribution in [-0.4, -0.2) is 36.4 Å². The van der Waals surface area contributed by atoms with Crippen LogP contribution in [-0.2, 0) is 4.74 Å². The lowest BCUT2D eigenvalue weighted by molar-refractivity contribution is 0.286. The molecule has 0 aliphatic carbocycles. The average molecular weight is 314 g/mol. The molecule has 3 atom stereocenters. The van der Waals surface area contributed by atoms with Gasteiger partial charge >= 0.3 is 0 Å². The molecule has 1 heterocycles. The van der Waals surface area contributed by atoms with Crippen LogP contribution in [0.3, 0.4) is 0 Å². The van der Waals surface area contributed by atoms with Crippen molar-refractivity contribution in [1.82, 2.24) is 5.09 Å². The van der Waals surface area contributed by atoms with E-state index in [0.717, 1.165) is 25.3 Å². The van der Waals surface area contributed by atoms with Crippen LogP contribution in [0.15, 0.2) is 4.99 Å². The van der Waals surface area contributed by atoms with Crippen LogP contribution in [0.2, 0.25) is 0 Å². The molecule has 0 radical (unpaired) electrons. The van der Waals surface area contributed by atoms with Gasteiger partial charge in [-0.05, 0) is 44.6 Å². The summed E-state index contributed by atoms with van der Waals surface area (Å²) in [6.45, 7) is 19.0. The van der Waals surface area contributed by atoms with Gasteiger partial charge in [-0.25, -0.2) is 4.99 Å². The van der Waals surface area contributed by atoms with E-state index in [4.69, 9.17) is 9.73 Å². The third-order valence-electron chi connectivity index (χ3n) is 3.84. The fraction of sp³-hybridized carbons (Fsp3) is 0.941. The summed E-state index contributed by atoms with van der Waals surface area (Å²) in [5.41, 5.74) is 0. The number of nitrogens with zero attached hydrogens (tertiary/aromatic N) is 1. The number of hydrogen-bond acceptors (Lipinski definition) is 3. The van der Waals surface area contributed by atoms with E-state index in [-0.39, 0.29) is 14.1 Å². The fourth-order valence-corrected chi connectivity index (χ4v) is 3.47. The first kappa shape index (κ1) is 18.9. The molecule has 1 rings (SSSR count). The van der Waals surface area contributed by atoms with E-state index in [2.05, 4.69) is 60.2 Å². The second kappa shape index (κ2) is 7.92. The summed E-state index contributed by atoms with van der Waals surface area (Å²) in [6.07, 6.45) is 2.22. The van der Waals surface area contributed by atoms with Crippen molar-refractivity contribution in [3.63, 3.8) is 0 Å². The van der Waals surface area contributed by atoms with Gasteiger partial charge < -0.3 is 4.74 Å². The maximum absolute atomic E-state index is 5.94. The monoisotopic (exact) mass is 314 g/mol. The minimum atomic E-state index is -0.249. The lowest BCUT2D eigenvalue weighted by Gasteiger charge is -2.32. The summed E-state index contributed by atoms with van der Waals surface area (Å²) in [7, 11) is -0.249. The van der Waals surface area contributed by atoms with E-state index < -0.39 is 0 Å². The van der Waals surface area contributed by atoms with Gasteiger partial charge in [-0.2, -0.15) is 0 Å². The molecule has 0 fully saturated rings. The predicted octanol–water partition coefficient (Wildman–Crippen LogP) is 4.66. The summed E-state index contributed by atoms with van der Waals surface area (Å²) in [4.78, 5) is 4.86. The molecule has 1 N–H and O–H groups in total. The van der Waals surface area contributed by atoms with Crippen molar-refractivity contribution in [3.05, 3.63) is 0 Å². The molecule has 0 spiro atoms. The van der Waals surface area contributed by atoms with Crippen LogP contribution >= 0.6 is 8.07 Å². The third kappa shape index (κ3) is 6.65.